The zero-order valence-corrected chi connectivity index (χ0v) is 12.9. The molecule has 1 saturated heterocycles. The van der Waals surface area contributed by atoms with Crippen molar-refractivity contribution in [1.29, 1.82) is 0 Å². The maximum atomic E-state index is 13.0. The average Bonchev–Trinajstić information content (AvgIpc) is 3.32. The maximum absolute atomic E-state index is 13.0. The van der Waals surface area contributed by atoms with E-state index in [1.165, 1.54) is 16.9 Å². The van der Waals surface area contributed by atoms with Crippen molar-refractivity contribution >= 4 is 17.5 Å². The molecule has 6 rings (SSSR count). The molecule has 1 aliphatic heterocycles. The van der Waals surface area contributed by atoms with Crippen LogP contribution in [0.25, 0.3) is 0 Å². The zero-order valence-electron chi connectivity index (χ0n) is 12.9. The molecule has 0 radical (unpaired) electrons. The number of nitrogens with zero attached hydrogens (tertiary/aromatic N) is 1. The van der Waals surface area contributed by atoms with Crippen molar-refractivity contribution in [3.05, 3.63) is 29.8 Å². The highest BCUT2D eigenvalue weighted by atomic mass is 16.2. The van der Waals surface area contributed by atoms with E-state index in [2.05, 4.69) is 6.92 Å². The minimum absolute atomic E-state index is 0.0131. The Morgan fingerprint density at radius 1 is 0.909 bits per heavy atom. The first kappa shape index (κ1) is 12.9. The van der Waals surface area contributed by atoms with Gasteiger partial charge < -0.3 is 0 Å². The SMILES string of the molecule is CCc1ccc(N2C(=O)C3C4CCC(C5CC54)C3C2=O)cc1. The second-order valence-corrected chi connectivity index (χ2v) is 7.55. The fourth-order valence-electron chi connectivity index (χ4n) is 5.67. The summed E-state index contributed by atoms with van der Waals surface area (Å²) in [6, 6.07) is 7.94. The van der Waals surface area contributed by atoms with Crippen LogP contribution in [0.15, 0.2) is 24.3 Å². The summed E-state index contributed by atoms with van der Waals surface area (Å²) in [5.41, 5.74) is 2.01. The molecule has 114 valence electrons. The van der Waals surface area contributed by atoms with Gasteiger partial charge in [-0.15, -0.1) is 0 Å². The van der Waals surface area contributed by atoms with E-state index in [0.717, 1.165) is 36.8 Å². The van der Waals surface area contributed by atoms with Gasteiger partial charge in [0.05, 0.1) is 17.5 Å². The predicted molar refractivity (Wildman–Crippen MR) is 83.1 cm³/mol. The Morgan fingerprint density at radius 2 is 1.45 bits per heavy atom. The molecule has 22 heavy (non-hydrogen) atoms. The van der Waals surface area contributed by atoms with Crippen molar-refractivity contribution in [2.75, 3.05) is 4.90 Å². The highest BCUT2D eigenvalue weighted by Gasteiger charge is 2.68. The summed E-state index contributed by atoms with van der Waals surface area (Å²) in [5, 5.41) is 0. The zero-order chi connectivity index (χ0) is 15.0. The predicted octanol–water partition coefficient (Wildman–Crippen LogP) is 3.03. The lowest BCUT2D eigenvalue weighted by Gasteiger charge is -2.42. The molecule has 1 heterocycles. The van der Waals surface area contributed by atoms with E-state index in [9.17, 15) is 9.59 Å². The third-order valence-electron chi connectivity index (χ3n) is 6.75. The first-order valence-electron chi connectivity index (χ1n) is 8.67. The molecule has 5 fully saturated rings. The van der Waals surface area contributed by atoms with E-state index >= 15 is 0 Å². The summed E-state index contributed by atoms with van der Waals surface area (Å²) in [5.74, 6) is 2.60. The van der Waals surface area contributed by atoms with E-state index in [1.54, 1.807) is 0 Å². The third-order valence-corrected chi connectivity index (χ3v) is 6.75. The second-order valence-electron chi connectivity index (χ2n) is 7.55. The number of fused-ring (bicyclic) bond motifs is 1. The van der Waals surface area contributed by atoms with Crippen molar-refractivity contribution in [2.45, 2.75) is 32.6 Å². The number of rotatable bonds is 2. The quantitative estimate of drug-likeness (QED) is 0.786. The van der Waals surface area contributed by atoms with E-state index in [1.807, 2.05) is 24.3 Å². The number of carbonyl (C=O) groups is 2. The van der Waals surface area contributed by atoms with Gasteiger partial charge >= 0.3 is 0 Å². The normalized spacial score (nSPS) is 41.6. The Bertz CT molecular complexity index is 631. The Labute approximate surface area is 130 Å². The van der Waals surface area contributed by atoms with Crippen molar-refractivity contribution in [2.24, 2.45) is 35.5 Å². The van der Waals surface area contributed by atoms with Crippen molar-refractivity contribution in [3.8, 4) is 0 Å². The first-order valence-corrected chi connectivity index (χ1v) is 8.67. The van der Waals surface area contributed by atoms with Crippen molar-refractivity contribution in [1.82, 2.24) is 0 Å². The molecule has 3 heteroatoms. The molecule has 2 amide bonds. The molecular weight excluding hydrogens is 274 g/mol. The number of imide groups is 1. The van der Waals surface area contributed by atoms with Crippen LogP contribution in [0.3, 0.4) is 0 Å². The lowest BCUT2D eigenvalue weighted by atomic mass is 9.59. The number of hydrogen-bond acceptors (Lipinski definition) is 2. The van der Waals surface area contributed by atoms with Crippen LogP contribution in [0.1, 0.15) is 31.7 Å². The highest BCUT2D eigenvalue weighted by molar-refractivity contribution is 6.22. The molecule has 2 bridgehead atoms. The van der Waals surface area contributed by atoms with E-state index in [-0.39, 0.29) is 23.7 Å². The topological polar surface area (TPSA) is 37.4 Å². The molecule has 4 aliphatic carbocycles. The van der Waals surface area contributed by atoms with Gasteiger partial charge in [0.2, 0.25) is 11.8 Å². The van der Waals surface area contributed by atoms with Gasteiger partial charge in [0, 0.05) is 0 Å². The van der Waals surface area contributed by atoms with E-state index in [4.69, 9.17) is 0 Å². The third kappa shape index (κ3) is 1.47. The van der Waals surface area contributed by atoms with Crippen molar-refractivity contribution in [3.63, 3.8) is 0 Å². The molecule has 3 nitrogen and oxygen atoms in total. The number of benzene rings is 1. The van der Waals surface area contributed by atoms with Gasteiger partial charge in [0.25, 0.3) is 0 Å². The smallest absolute Gasteiger partial charge is 0.237 e. The van der Waals surface area contributed by atoms with Crippen molar-refractivity contribution < 1.29 is 9.59 Å². The monoisotopic (exact) mass is 295 g/mol. The molecule has 1 aromatic carbocycles. The number of aryl methyl sites for hydroxylation is 1. The molecule has 6 unspecified atom stereocenters. The molecular formula is C19H21NO2. The lowest BCUT2D eigenvalue weighted by molar-refractivity contribution is -0.129. The van der Waals surface area contributed by atoms with E-state index in [0.29, 0.717) is 11.8 Å². The summed E-state index contributed by atoms with van der Waals surface area (Å²) in [7, 11) is 0. The summed E-state index contributed by atoms with van der Waals surface area (Å²) in [4.78, 5) is 27.4. The summed E-state index contributed by atoms with van der Waals surface area (Å²) >= 11 is 0. The minimum Gasteiger partial charge on any atom is -0.274 e. The molecule has 5 aliphatic rings. The number of amides is 2. The van der Waals surface area contributed by atoms with Crippen LogP contribution < -0.4 is 4.90 Å². The maximum Gasteiger partial charge on any atom is 0.237 e. The van der Waals surface area contributed by atoms with E-state index < -0.39 is 0 Å². The van der Waals surface area contributed by atoms with Crippen LogP contribution in [0.4, 0.5) is 5.69 Å². The highest BCUT2D eigenvalue weighted by Crippen LogP contribution is 2.68. The van der Waals surface area contributed by atoms with Gasteiger partial charge in [-0.3, -0.25) is 14.5 Å². The van der Waals surface area contributed by atoms with Crippen LogP contribution in [0.5, 0.6) is 0 Å². The number of hydrogen-bond donors (Lipinski definition) is 0. The van der Waals surface area contributed by atoms with Crippen LogP contribution in [0, 0.1) is 35.5 Å². The molecule has 4 saturated carbocycles. The van der Waals surface area contributed by atoms with Crippen LogP contribution in [0.2, 0.25) is 0 Å². The van der Waals surface area contributed by atoms with Crippen LogP contribution >= 0.6 is 0 Å². The number of anilines is 1. The van der Waals surface area contributed by atoms with Gasteiger partial charge in [-0.05, 0) is 67.1 Å². The number of carbonyl (C=O) groups excluding carboxylic acids is 2. The summed E-state index contributed by atoms with van der Waals surface area (Å²) in [6.45, 7) is 2.11. The van der Waals surface area contributed by atoms with Gasteiger partial charge in [0.15, 0.2) is 0 Å². The van der Waals surface area contributed by atoms with Crippen LogP contribution in [-0.4, -0.2) is 11.8 Å². The minimum atomic E-state index is -0.0131. The fraction of sp³-hybridized carbons (Fsp3) is 0.579. The average molecular weight is 295 g/mol. The lowest BCUT2D eigenvalue weighted by Crippen LogP contribution is -2.43. The Balaban J connectivity index is 1.53. The Kier molecular flexibility index (Phi) is 2.46. The summed E-state index contributed by atoms with van der Waals surface area (Å²) in [6.07, 6.45) is 4.57. The Morgan fingerprint density at radius 3 is 1.95 bits per heavy atom. The fourth-order valence-corrected chi connectivity index (χ4v) is 5.67. The molecule has 0 N–H and O–H groups in total. The summed E-state index contributed by atoms with van der Waals surface area (Å²) < 4.78 is 0. The molecule has 0 spiro atoms. The van der Waals surface area contributed by atoms with Crippen LogP contribution in [-0.2, 0) is 16.0 Å². The molecule has 1 aromatic rings. The van der Waals surface area contributed by atoms with Gasteiger partial charge in [0.1, 0.15) is 0 Å². The molecule has 0 aromatic heterocycles. The van der Waals surface area contributed by atoms with Gasteiger partial charge in [-0.1, -0.05) is 19.1 Å². The Hall–Kier alpha value is -1.64. The second kappa shape index (κ2) is 4.21. The van der Waals surface area contributed by atoms with Gasteiger partial charge in [-0.25, -0.2) is 0 Å². The van der Waals surface area contributed by atoms with Gasteiger partial charge in [-0.2, -0.15) is 0 Å². The molecule has 6 atom stereocenters. The first-order chi connectivity index (χ1) is 10.7. The standard InChI is InChI=1S/C19H21NO2/c1-2-10-3-5-11(6-4-10)20-18(21)16-12-7-8-13(15-9-14(12)15)17(16)19(20)22/h3-6,12-17H,2,7-9H2,1H3. The largest absolute Gasteiger partial charge is 0.274 e.